The summed E-state index contributed by atoms with van der Waals surface area (Å²) in [7, 11) is 0. The van der Waals surface area contributed by atoms with Crippen molar-refractivity contribution in [3.05, 3.63) is 255 Å². The Labute approximate surface area is 353 Å². The fourth-order valence-corrected chi connectivity index (χ4v) is 11.9. The zero-order chi connectivity index (χ0) is 39.7. The molecule has 0 fully saturated rings. The monoisotopic (exact) mass is 780 g/mol. The molecular formula is C57H33ClN2. The van der Waals surface area contributed by atoms with E-state index in [9.17, 15) is 5.26 Å². The van der Waals surface area contributed by atoms with Gasteiger partial charge in [0.15, 0.2) is 0 Å². The molecule has 0 amide bonds. The van der Waals surface area contributed by atoms with Crippen molar-refractivity contribution in [3.63, 3.8) is 0 Å². The average Bonchev–Trinajstić information content (AvgIpc) is 3.99. The first kappa shape index (κ1) is 33.5. The van der Waals surface area contributed by atoms with Crippen molar-refractivity contribution in [2.75, 3.05) is 4.90 Å². The minimum Gasteiger partial charge on any atom is -0.308 e. The molecule has 9 aromatic carbocycles. The third-order valence-electron chi connectivity index (χ3n) is 13.8. The summed E-state index contributed by atoms with van der Waals surface area (Å²) in [5.41, 5.74) is 22.0. The number of halogens is 1. The van der Waals surface area contributed by atoms with Gasteiger partial charge in [-0.05, 0) is 126 Å². The first-order valence-electron chi connectivity index (χ1n) is 20.5. The van der Waals surface area contributed by atoms with Crippen LogP contribution >= 0.6 is 11.6 Å². The highest BCUT2D eigenvalue weighted by Crippen LogP contribution is 2.67. The maximum absolute atomic E-state index is 10.4. The second kappa shape index (κ2) is 12.1. The van der Waals surface area contributed by atoms with Gasteiger partial charge in [-0.2, -0.15) is 5.26 Å². The summed E-state index contributed by atoms with van der Waals surface area (Å²) in [5, 5.41) is 11.0. The minimum absolute atomic E-state index is 0.498. The lowest BCUT2D eigenvalue weighted by Gasteiger charge is -2.34. The third kappa shape index (κ3) is 3.98. The van der Waals surface area contributed by atoms with E-state index in [1.165, 1.54) is 66.8 Å². The van der Waals surface area contributed by atoms with Gasteiger partial charge in [0.1, 0.15) is 0 Å². The van der Waals surface area contributed by atoms with E-state index in [1.54, 1.807) is 0 Å². The van der Waals surface area contributed by atoms with Crippen molar-refractivity contribution in [2.45, 2.75) is 10.8 Å². The molecule has 0 unspecified atom stereocenters. The molecule has 0 N–H and O–H groups in total. The van der Waals surface area contributed by atoms with E-state index < -0.39 is 10.8 Å². The predicted octanol–water partition coefficient (Wildman–Crippen LogP) is 14.4. The van der Waals surface area contributed by atoms with E-state index in [4.69, 9.17) is 11.6 Å². The van der Waals surface area contributed by atoms with E-state index in [0.717, 1.165) is 39.3 Å². The van der Waals surface area contributed by atoms with Gasteiger partial charge in [0.2, 0.25) is 0 Å². The Morgan fingerprint density at radius 1 is 0.367 bits per heavy atom. The largest absolute Gasteiger partial charge is 0.308 e. The molecule has 4 aliphatic rings. The predicted molar refractivity (Wildman–Crippen MR) is 243 cm³/mol. The van der Waals surface area contributed by atoms with Gasteiger partial charge in [-0.1, -0.05) is 169 Å². The van der Waals surface area contributed by atoms with Crippen molar-refractivity contribution < 1.29 is 0 Å². The van der Waals surface area contributed by atoms with Gasteiger partial charge in [-0.15, -0.1) is 0 Å². The lowest BCUT2D eigenvalue weighted by atomic mass is 9.70. The van der Waals surface area contributed by atoms with Gasteiger partial charge in [0.05, 0.1) is 33.2 Å². The second-order valence-corrected chi connectivity index (χ2v) is 16.7. The Balaban J connectivity index is 1.13. The Morgan fingerprint density at radius 3 is 1.32 bits per heavy atom. The van der Waals surface area contributed by atoms with Crippen molar-refractivity contribution in [1.82, 2.24) is 0 Å². The fourth-order valence-electron chi connectivity index (χ4n) is 11.7. The molecular weight excluding hydrogens is 748 g/mol. The number of benzene rings is 9. The van der Waals surface area contributed by atoms with Crippen LogP contribution in [-0.2, 0) is 10.8 Å². The molecule has 0 heterocycles. The zero-order valence-corrected chi connectivity index (χ0v) is 33.1. The van der Waals surface area contributed by atoms with Crippen molar-refractivity contribution in [3.8, 4) is 50.6 Å². The number of fused-ring (bicyclic) bond motifs is 20. The van der Waals surface area contributed by atoms with Gasteiger partial charge >= 0.3 is 0 Å². The maximum Gasteiger partial charge on any atom is 0.0991 e. The Kier molecular flexibility index (Phi) is 6.74. The second-order valence-electron chi connectivity index (χ2n) is 16.3. The highest BCUT2D eigenvalue weighted by molar-refractivity contribution is 6.35. The summed E-state index contributed by atoms with van der Waals surface area (Å²) in [5.74, 6) is 0. The van der Waals surface area contributed by atoms with Gasteiger partial charge in [0.25, 0.3) is 0 Å². The molecule has 0 saturated carbocycles. The molecule has 60 heavy (non-hydrogen) atoms. The number of hydrogen-bond donors (Lipinski definition) is 0. The van der Waals surface area contributed by atoms with E-state index in [0.29, 0.717) is 10.6 Å². The quantitative estimate of drug-likeness (QED) is 0.179. The molecule has 278 valence electrons. The Bertz CT molecular complexity index is 3260. The van der Waals surface area contributed by atoms with Crippen LogP contribution in [0.1, 0.15) is 50.1 Å². The summed E-state index contributed by atoms with van der Waals surface area (Å²) in [4.78, 5) is 2.37. The Hall–Kier alpha value is -7.44. The topological polar surface area (TPSA) is 27.0 Å². The van der Waals surface area contributed by atoms with Gasteiger partial charge in [-0.3, -0.25) is 0 Å². The number of anilines is 3. The van der Waals surface area contributed by atoms with Crippen LogP contribution in [0, 0.1) is 11.3 Å². The molecule has 2 spiro atoms. The summed E-state index contributed by atoms with van der Waals surface area (Å²) in [6.07, 6.45) is 0. The number of rotatable bonds is 3. The van der Waals surface area contributed by atoms with Crippen molar-refractivity contribution >= 4 is 28.7 Å². The maximum atomic E-state index is 10.4. The van der Waals surface area contributed by atoms with Crippen LogP contribution in [0.25, 0.3) is 44.5 Å². The molecule has 0 aromatic heterocycles. The molecule has 4 aliphatic carbocycles. The lowest BCUT2D eigenvalue weighted by molar-refractivity contribution is 0.792. The number of nitrogens with zero attached hydrogens (tertiary/aromatic N) is 2. The van der Waals surface area contributed by atoms with Crippen LogP contribution in [-0.4, -0.2) is 0 Å². The normalized spacial score (nSPS) is 14.3. The SMILES string of the molecule is N#Cc1ccc2c(c1)C1(c3ccccc3-c3ccccc31)c1ccc(Cl)c(N(c3ccccc3)c3ccc4c(c3)C3(c5ccccc5-c5ccccc53)c3ccccc3-4)c1-2. The van der Waals surface area contributed by atoms with Crippen molar-refractivity contribution in [1.29, 1.82) is 5.26 Å². The highest BCUT2D eigenvalue weighted by atomic mass is 35.5. The lowest BCUT2D eigenvalue weighted by Crippen LogP contribution is -2.26. The summed E-state index contributed by atoms with van der Waals surface area (Å²) >= 11 is 7.67. The highest BCUT2D eigenvalue weighted by Gasteiger charge is 2.54. The van der Waals surface area contributed by atoms with Crippen LogP contribution < -0.4 is 4.90 Å². The molecule has 2 nitrogen and oxygen atoms in total. The summed E-state index contributed by atoms with van der Waals surface area (Å²) < 4.78 is 0. The van der Waals surface area contributed by atoms with Crippen LogP contribution in [0.5, 0.6) is 0 Å². The number of para-hydroxylation sites is 1. The molecule has 13 rings (SSSR count). The van der Waals surface area contributed by atoms with E-state index in [1.807, 2.05) is 6.07 Å². The van der Waals surface area contributed by atoms with Crippen LogP contribution in [0.2, 0.25) is 5.02 Å². The van der Waals surface area contributed by atoms with Crippen molar-refractivity contribution in [2.24, 2.45) is 0 Å². The fraction of sp³-hybridized carbons (Fsp3) is 0.0351. The minimum atomic E-state index is -0.646. The van der Waals surface area contributed by atoms with Crippen LogP contribution in [0.15, 0.2) is 200 Å². The van der Waals surface area contributed by atoms with E-state index >= 15 is 0 Å². The molecule has 0 radical (unpaired) electrons. The zero-order valence-electron chi connectivity index (χ0n) is 32.3. The van der Waals surface area contributed by atoms with Gasteiger partial charge < -0.3 is 4.90 Å². The molecule has 0 bridgehead atoms. The average molecular weight is 781 g/mol. The van der Waals surface area contributed by atoms with E-state index in [-0.39, 0.29) is 0 Å². The summed E-state index contributed by atoms with van der Waals surface area (Å²) in [6.45, 7) is 0. The smallest absolute Gasteiger partial charge is 0.0991 e. The molecule has 0 atom stereocenters. The van der Waals surface area contributed by atoms with Crippen LogP contribution in [0.3, 0.4) is 0 Å². The number of nitriles is 1. The molecule has 3 heteroatoms. The molecule has 9 aromatic rings. The van der Waals surface area contributed by atoms with Gasteiger partial charge in [0, 0.05) is 16.9 Å². The van der Waals surface area contributed by atoms with Gasteiger partial charge in [-0.25, -0.2) is 0 Å². The summed E-state index contributed by atoms with van der Waals surface area (Å²) in [6, 6.07) is 75.1. The number of hydrogen-bond acceptors (Lipinski definition) is 2. The van der Waals surface area contributed by atoms with E-state index in [2.05, 4.69) is 205 Å². The van der Waals surface area contributed by atoms with Crippen LogP contribution in [0.4, 0.5) is 17.1 Å². The standard InChI is InChI=1S/C57H33ClN2/c58-53-31-30-50-54(44-28-26-35(34-59)32-51(44)57(50)48-24-12-6-18-40(48)41-19-7-13-25-49(41)57)55(53)60(36-14-2-1-3-15-36)37-27-29-43-42-20-8-11-23-47(42)56(52(43)33-37)45-21-9-4-16-38(45)39-17-5-10-22-46(39)56/h1-33H. The first-order chi connectivity index (χ1) is 29.7. The molecule has 0 saturated heterocycles. The first-order valence-corrected chi connectivity index (χ1v) is 20.9. The Morgan fingerprint density at radius 2 is 0.800 bits per heavy atom. The third-order valence-corrected chi connectivity index (χ3v) is 14.1. The molecule has 0 aliphatic heterocycles.